The van der Waals surface area contributed by atoms with E-state index in [2.05, 4.69) is 10.2 Å². The van der Waals surface area contributed by atoms with Crippen molar-refractivity contribution < 1.29 is 9.90 Å². The molecule has 4 rings (SSSR count). The summed E-state index contributed by atoms with van der Waals surface area (Å²) in [6.07, 6.45) is 1.37. The van der Waals surface area contributed by atoms with E-state index < -0.39 is 5.97 Å². The van der Waals surface area contributed by atoms with Gasteiger partial charge in [0.15, 0.2) is 0 Å². The molecule has 3 aromatic rings. The number of rotatable bonds is 3. The molecule has 3 aromatic carbocycles. The van der Waals surface area contributed by atoms with Gasteiger partial charge in [-0.3, -0.25) is 0 Å². The van der Waals surface area contributed by atoms with Crippen molar-refractivity contribution in [2.75, 3.05) is 10.2 Å². The van der Waals surface area contributed by atoms with Crippen LogP contribution in [0.4, 0.5) is 28.4 Å². The van der Waals surface area contributed by atoms with Crippen molar-refractivity contribution in [3.05, 3.63) is 83.9 Å². The second kappa shape index (κ2) is 6.70. The van der Waals surface area contributed by atoms with Crippen molar-refractivity contribution >= 4 is 40.5 Å². The SMILES string of the molecule is N#C/C(=C\c1ccc(N2c3ccccc3Nc3ccccc32)cc1)C(=O)O. The Kier molecular flexibility index (Phi) is 4.07. The summed E-state index contributed by atoms with van der Waals surface area (Å²) in [6.45, 7) is 0. The van der Waals surface area contributed by atoms with Crippen LogP contribution in [0.1, 0.15) is 5.56 Å². The van der Waals surface area contributed by atoms with Crippen LogP contribution in [0.2, 0.25) is 0 Å². The van der Waals surface area contributed by atoms with Crippen LogP contribution in [0.25, 0.3) is 6.08 Å². The quantitative estimate of drug-likeness (QED) is 0.391. The Hall–Kier alpha value is -4.04. The Bertz CT molecular complexity index is 1050. The molecule has 130 valence electrons. The summed E-state index contributed by atoms with van der Waals surface area (Å²) >= 11 is 0. The first kappa shape index (κ1) is 16.4. The molecular formula is C22H15N3O2. The van der Waals surface area contributed by atoms with Crippen LogP contribution < -0.4 is 10.2 Å². The van der Waals surface area contributed by atoms with Crippen LogP contribution in [0.3, 0.4) is 0 Å². The molecule has 5 nitrogen and oxygen atoms in total. The molecule has 0 atom stereocenters. The monoisotopic (exact) mass is 353 g/mol. The van der Waals surface area contributed by atoms with Crippen molar-refractivity contribution in [3.63, 3.8) is 0 Å². The zero-order valence-electron chi connectivity index (χ0n) is 14.3. The molecule has 1 aliphatic rings. The van der Waals surface area contributed by atoms with Crippen LogP contribution in [0.5, 0.6) is 0 Å². The molecule has 0 bridgehead atoms. The predicted octanol–water partition coefficient (Wildman–Crippen LogP) is 5.20. The first-order chi connectivity index (χ1) is 13.2. The van der Waals surface area contributed by atoms with Crippen LogP contribution in [-0.4, -0.2) is 11.1 Å². The van der Waals surface area contributed by atoms with Gasteiger partial charge in [0.05, 0.1) is 22.7 Å². The second-order valence-corrected chi connectivity index (χ2v) is 6.06. The summed E-state index contributed by atoms with van der Waals surface area (Å²) in [4.78, 5) is 13.2. The highest BCUT2D eigenvalue weighted by atomic mass is 16.4. The van der Waals surface area contributed by atoms with Gasteiger partial charge in [-0.05, 0) is 48.0 Å². The number of hydrogen-bond acceptors (Lipinski definition) is 4. The standard InChI is InChI=1S/C22H15N3O2/c23-14-16(22(26)27)13-15-9-11-17(12-10-15)25-20-7-3-1-5-18(20)24-19-6-2-4-8-21(19)25/h1-13,24H,(H,26,27)/b16-13+. The van der Waals surface area contributed by atoms with E-state index in [9.17, 15) is 4.79 Å². The van der Waals surface area contributed by atoms with Crippen LogP contribution in [0.15, 0.2) is 78.4 Å². The van der Waals surface area contributed by atoms with E-state index in [0.717, 1.165) is 28.4 Å². The molecule has 0 unspecified atom stereocenters. The zero-order valence-corrected chi connectivity index (χ0v) is 14.3. The lowest BCUT2D eigenvalue weighted by molar-refractivity contribution is -0.132. The van der Waals surface area contributed by atoms with Crippen LogP contribution >= 0.6 is 0 Å². The summed E-state index contributed by atoms with van der Waals surface area (Å²) in [5.41, 5.74) is 5.40. The molecule has 0 spiro atoms. The number of aliphatic carboxylic acids is 1. The number of para-hydroxylation sites is 4. The molecule has 0 aliphatic carbocycles. The van der Waals surface area contributed by atoms with Crippen LogP contribution in [0, 0.1) is 11.3 Å². The molecule has 0 saturated heterocycles. The first-order valence-electron chi connectivity index (χ1n) is 8.38. The van der Waals surface area contributed by atoms with Crippen molar-refractivity contribution in [2.24, 2.45) is 0 Å². The van der Waals surface area contributed by atoms with E-state index in [-0.39, 0.29) is 5.57 Å². The van der Waals surface area contributed by atoms with Gasteiger partial charge in [-0.15, -0.1) is 0 Å². The number of carboxylic acid groups (broad SMARTS) is 1. The van der Waals surface area contributed by atoms with E-state index in [0.29, 0.717) is 5.56 Å². The Balaban J connectivity index is 1.78. The van der Waals surface area contributed by atoms with Gasteiger partial charge in [-0.25, -0.2) is 4.79 Å². The Morgan fingerprint density at radius 1 is 0.926 bits per heavy atom. The molecule has 0 aromatic heterocycles. The number of nitrogens with zero attached hydrogens (tertiary/aromatic N) is 2. The van der Waals surface area contributed by atoms with Gasteiger partial charge in [-0.1, -0.05) is 36.4 Å². The maximum absolute atomic E-state index is 11.0. The van der Waals surface area contributed by atoms with Gasteiger partial charge in [-0.2, -0.15) is 5.26 Å². The van der Waals surface area contributed by atoms with Gasteiger partial charge in [0.25, 0.3) is 0 Å². The van der Waals surface area contributed by atoms with Gasteiger partial charge in [0.1, 0.15) is 11.6 Å². The minimum Gasteiger partial charge on any atom is -0.477 e. The highest BCUT2D eigenvalue weighted by Gasteiger charge is 2.23. The lowest BCUT2D eigenvalue weighted by Crippen LogP contribution is -2.17. The Morgan fingerprint density at radius 2 is 1.48 bits per heavy atom. The highest BCUT2D eigenvalue weighted by molar-refractivity contribution is 5.98. The number of nitrogens with one attached hydrogen (secondary N) is 1. The fourth-order valence-electron chi connectivity index (χ4n) is 3.13. The summed E-state index contributed by atoms with van der Waals surface area (Å²) in [6, 6.07) is 25.3. The predicted molar refractivity (Wildman–Crippen MR) is 106 cm³/mol. The molecule has 5 heteroatoms. The Morgan fingerprint density at radius 3 is 2.00 bits per heavy atom. The number of benzene rings is 3. The number of nitriles is 1. The molecule has 0 fully saturated rings. The highest BCUT2D eigenvalue weighted by Crippen LogP contribution is 2.47. The average Bonchev–Trinajstić information content (AvgIpc) is 2.70. The lowest BCUT2D eigenvalue weighted by atomic mass is 10.1. The van der Waals surface area contributed by atoms with Crippen LogP contribution in [-0.2, 0) is 4.79 Å². The van der Waals surface area contributed by atoms with E-state index in [1.54, 1.807) is 6.07 Å². The fraction of sp³-hybridized carbons (Fsp3) is 0. The molecular weight excluding hydrogens is 338 g/mol. The smallest absolute Gasteiger partial charge is 0.346 e. The van der Waals surface area contributed by atoms with Gasteiger partial charge < -0.3 is 15.3 Å². The molecule has 2 N–H and O–H groups in total. The lowest BCUT2D eigenvalue weighted by Gasteiger charge is -2.33. The number of anilines is 5. The number of fused-ring (bicyclic) bond motifs is 2. The van der Waals surface area contributed by atoms with Gasteiger partial charge in [0.2, 0.25) is 0 Å². The largest absolute Gasteiger partial charge is 0.477 e. The first-order valence-corrected chi connectivity index (χ1v) is 8.38. The maximum Gasteiger partial charge on any atom is 0.346 e. The minimum atomic E-state index is -1.23. The zero-order chi connectivity index (χ0) is 18.8. The third-order valence-corrected chi connectivity index (χ3v) is 4.37. The molecule has 1 aliphatic heterocycles. The average molecular weight is 353 g/mol. The topological polar surface area (TPSA) is 76.4 Å². The molecule has 27 heavy (non-hydrogen) atoms. The number of carbonyl (C=O) groups is 1. The van der Waals surface area contributed by atoms with Crippen molar-refractivity contribution in [3.8, 4) is 6.07 Å². The number of carboxylic acids is 1. The maximum atomic E-state index is 11.0. The Labute approximate surface area is 156 Å². The van der Waals surface area contributed by atoms with E-state index >= 15 is 0 Å². The summed E-state index contributed by atoms with van der Waals surface area (Å²) in [7, 11) is 0. The second-order valence-electron chi connectivity index (χ2n) is 6.06. The number of hydrogen-bond donors (Lipinski definition) is 2. The summed E-state index contributed by atoms with van der Waals surface area (Å²) in [5, 5.41) is 21.4. The van der Waals surface area contributed by atoms with Crippen molar-refractivity contribution in [1.82, 2.24) is 0 Å². The van der Waals surface area contributed by atoms with Gasteiger partial charge >= 0.3 is 5.97 Å². The molecule has 0 saturated carbocycles. The molecule has 0 amide bonds. The van der Waals surface area contributed by atoms with E-state index in [1.807, 2.05) is 72.8 Å². The van der Waals surface area contributed by atoms with Crippen molar-refractivity contribution in [1.29, 1.82) is 5.26 Å². The molecule has 1 heterocycles. The summed E-state index contributed by atoms with van der Waals surface area (Å²) < 4.78 is 0. The van der Waals surface area contributed by atoms with Crippen molar-refractivity contribution in [2.45, 2.75) is 0 Å². The summed E-state index contributed by atoms with van der Waals surface area (Å²) in [5.74, 6) is -1.23. The third kappa shape index (κ3) is 3.00. The fourth-order valence-corrected chi connectivity index (χ4v) is 3.13. The molecule has 0 radical (unpaired) electrons. The van der Waals surface area contributed by atoms with E-state index in [1.165, 1.54) is 6.08 Å². The van der Waals surface area contributed by atoms with Gasteiger partial charge in [0, 0.05) is 5.69 Å². The normalized spacial score (nSPS) is 12.4. The van der Waals surface area contributed by atoms with E-state index in [4.69, 9.17) is 10.4 Å². The third-order valence-electron chi connectivity index (χ3n) is 4.37. The minimum absolute atomic E-state index is 0.291.